The summed E-state index contributed by atoms with van der Waals surface area (Å²) in [7, 11) is 0. The first kappa shape index (κ1) is 12.1. The summed E-state index contributed by atoms with van der Waals surface area (Å²) in [6.07, 6.45) is 3.96. The van der Waals surface area contributed by atoms with Gasteiger partial charge in [-0.3, -0.25) is 14.8 Å². The van der Waals surface area contributed by atoms with Crippen LogP contribution in [0.5, 0.6) is 0 Å². The fourth-order valence-corrected chi connectivity index (χ4v) is 1.86. The van der Waals surface area contributed by atoms with Crippen LogP contribution in [0, 0.1) is 5.92 Å². The molecule has 0 amide bonds. The molecule has 2 rings (SSSR count). The zero-order valence-corrected chi connectivity index (χ0v) is 10.3. The van der Waals surface area contributed by atoms with Gasteiger partial charge in [0.1, 0.15) is 6.04 Å². The number of carbonyl (C=O) groups is 1. The van der Waals surface area contributed by atoms with Crippen LogP contribution in [0.1, 0.15) is 38.4 Å². The predicted octanol–water partition coefficient (Wildman–Crippen LogP) is 1.42. The minimum Gasteiger partial charge on any atom is -0.480 e. The van der Waals surface area contributed by atoms with Gasteiger partial charge in [0.2, 0.25) is 0 Å². The summed E-state index contributed by atoms with van der Waals surface area (Å²) < 4.78 is 1.88. The molecule has 1 aromatic heterocycles. The lowest BCUT2D eigenvalue weighted by Crippen LogP contribution is -2.38. The lowest BCUT2D eigenvalue weighted by atomic mass is 10.2. The van der Waals surface area contributed by atoms with Crippen molar-refractivity contribution in [2.24, 2.45) is 5.92 Å². The van der Waals surface area contributed by atoms with Crippen LogP contribution >= 0.6 is 0 Å². The van der Waals surface area contributed by atoms with Crippen molar-refractivity contribution in [3.8, 4) is 0 Å². The Morgan fingerprint density at radius 3 is 2.82 bits per heavy atom. The average molecular weight is 237 g/mol. The molecule has 1 heterocycles. The number of nitrogens with zero attached hydrogens (tertiary/aromatic N) is 2. The van der Waals surface area contributed by atoms with E-state index in [0.29, 0.717) is 18.5 Å². The number of hydrogen-bond donors (Lipinski definition) is 2. The third-order valence-electron chi connectivity index (χ3n) is 3.06. The number of hydrogen-bond acceptors (Lipinski definition) is 3. The number of aliphatic carboxylic acids is 1. The minimum atomic E-state index is -0.754. The molecule has 0 spiro atoms. The summed E-state index contributed by atoms with van der Waals surface area (Å²) in [5.41, 5.74) is 0.894. The predicted molar refractivity (Wildman–Crippen MR) is 63.6 cm³/mol. The Hall–Kier alpha value is -1.36. The van der Waals surface area contributed by atoms with Crippen molar-refractivity contribution in [2.75, 3.05) is 0 Å². The maximum Gasteiger partial charge on any atom is 0.320 e. The van der Waals surface area contributed by atoms with Crippen molar-refractivity contribution in [3.05, 3.63) is 18.0 Å². The van der Waals surface area contributed by atoms with Crippen LogP contribution in [0.25, 0.3) is 0 Å². The van der Waals surface area contributed by atoms with E-state index in [1.807, 2.05) is 16.9 Å². The van der Waals surface area contributed by atoms with Gasteiger partial charge in [-0.25, -0.2) is 0 Å². The summed E-state index contributed by atoms with van der Waals surface area (Å²) in [6, 6.07) is 1.85. The molecule has 0 radical (unpaired) electrons. The van der Waals surface area contributed by atoms with E-state index in [0.717, 1.165) is 18.5 Å². The fourth-order valence-electron chi connectivity index (χ4n) is 1.86. The smallest absolute Gasteiger partial charge is 0.320 e. The molecule has 2 N–H and O–H groups in total. The summed E-state index contributed by atoms with van der Waals surface area (Å²) in [6.45, 7) is 4.65. The van der Waals surface area contributed by atoms with Gasteiger partial charge in [0.05, 0.1) is 5.69 Å². The van der Waals surface area contributed by atoms with Crippen LogP contribution in [0.3, 0.4) is 0 Å². The molecule has 1 unspecified atom stereocenters. The molecule has 94 valence electrons. The van der Waals surface area contributed by atoms with Crippen LogP contribution in [0.4, 0.5) is 0 Å². The topological polar surface area (TPSA) is 67.2 Å². The highest BCUT2D eigenvalue weighted by Gasteiger charge is 2.35. The first-order chi connectivity index (χ1) is 8.08. The van der Waals surface area contributed by atoms with E-state index in [2.05, 4.69) is 24.3 Å². The second-order valence-corrected chi connectivity index (χ2v) is 4.92. The van der Waals surface area contributed by atoms with Crippen molar-refractivity contribution >= 4 is 5.97 Å². The van der Waals surface area contributed by atoms with Crippen molar-refractivity contribution < 1.29 is 9.90 Å². The van der Waals surface area contributed by atoms with Crippen molar-refractivity contribution in [1.82, 2.24) is 15.1 Å². The van der Waals surface area contributed by atoms with Crippen molar-refractivity contribution in [1.29, 1.82) is 0 Å². The quantitative estimate of drug-likeness (QED) is 0.785. The van der Waals surface area contributed by atoms with Gasteiger partial charge in [-0.15, -0.1) is 0 Å². The van der Waals surface area contributed by atoms with Crippen molar-refractivity contribution in [3.63, 3.8) is 0 Å². The lowest BCUT2D eigenvalue weighted by Gasteiger charge is -2.12. The summed E-state index contributed by atoms with van der Waals surface area (Å²) >= 11 is 0. The van der Waals surface area contributed by atoms with Gasteiger partial charge >= 0.3 is 5.97 Å². The monoisotopic (exact) mass is 237 g/mol. The van der Waals surface area contributed by atoms with Crippen LogP contribution in [-0.4, -0.2) is 26.9 Å². The summed E-state index contributed by atoms with van der Waals surface area (Å²) in [5.74, 6) is -0.449. The molecular formula is C12H19N3O2. The first-order valence-corrected chi connectivity index (χ1v) is 6.08. The number of aromatic nitrogens is 2. The maximum atomic E-state index is 11.0. The Balaban J connectivity index is 1.89. The van der Waals surface area contributed by atoms with E-state index in [1.165, 1.54) is 0 Å². The highest BCUT2D eigenvalue weighted by atomic mass is 16.4. The van der Waals surface area contributed by atoms with Crippen LogP contribution < -0.4 is 5.32 Å². The SMILES string of the molecule is CC(C)n1ccc(CNC(C(=O)O)C2CC2)n1. The lowest BCUT2D eigenvalue weighted by molar-refractivity contribution is -0.140. The van der Waals surface area contributed by atoms with Crippen molar-refractivity contribution in [2.45, 2.75) is 45.3 Å². The van der Waals surface area contributed by atoms with E-state index in [9.17, 15) is 4.79 Å². The summed E-state index contributed by atoms with van der Waals surface area (Å²) in [5, 5.41) is 16.5. The van der Waals surface area contributed by atoms with E-state index in [-0.39, 0.29) is 0 Å². The van der Waals surface area contributed by atoms with Crippen LogP contribution in [0.2, 0.25) is 0 Å². The zero-order valence-electron chi connectivity index (χ0n) is 10.3. The fraction of sp³-hybridized carbons (Fsp3) is 0.667. The molecule has 0 aromatic carbocycles. The normalized spacial score (nSPS) is 17.4. The Morgan fingerprint density at radius 2 is 2.35 bits per heavy atom. The molecule has 1 aliphatic rings. The second-order valence-electron chi connectivity index (χ2n) is 4.92. The molecule has 1 saturated carbocycles. The van der Waals surface area contributed by atoms with E-state index in [4.69, 9.17) is 5.11 Å². The van der Waals surface area contributed by atoms with E-state index in [1.54, 1.807) is 0 Å². The highest BCUT2D eigenvalue weighted by Crippen LogP contribution is 2.32. The van der Waals surface area contributed by atoms with E-state index >= 15 is 0 Å². The summed E-state index contributed by atoms with van der Waals surface area (Å²) in [4.78, 5) is 11.0. The molecule has 0 bridgehead atoms. The number of rotatable bonds is 6. The third-order valence-corrected chi connectivity index (χ3v) is 3.06. The molecule has 0 saturated heterocycles. The van der Waals surface area contributed by atoms with E-state index < -0.39 is 12.0 Å². The molecule has 17 heavy (non-hydrogen) atoms. The highest BCUT2D eigenvalue weighted by molar-refractivity contribution is 5.74. The zero-order chi connectivity index (χ0) is 12.4. The molecule has 1 aliphatic carbocycles. The Bertz CT molecular complexity index is 396. The third kappa shape index (κ3) is 3.06. The molecule has 5 heteroatoms. The standard InChI is InChI=1S/C12H19N3O2/c1-8(2)15-6-5-10(14-15)7-13-11(12(16)17)9-3-4-9/h5-6,8-9,11,13H,3-4,7H2,1-2H3,(H,16,17). The van der Waals surface area contributed by atoms with Gasteiger partial charge in [-0.05, 0) is 38.7 Å². The number of nitrogens with one attached hydrogen (secondary N) is 1. The van der Waals surface area contributed by atoms with Gasteiger partial charge in [-0.2, -0.15) is 5.10 Å². The molecule has 5 nitrogen and oxygen atoms in total. The molecule has 1 fully saturated rings. The second kappa shape index (κ2) is 4.87. The molecular weight excluding hydrogens is 218 g/mol. The number of carboxylic acid groups (broad SMARTS) is 1. The van der Waals surface area contributed by atoms with Gasteiger partial charge in [0.15, 0.2) is 0 Å². The van der Waals surface area contributed by atoms with Gasteiger partial charge < -0.3 is 5.11 Å². The van der Waals surface area contributed by atoms with Crippen LogP contribution in [-0.2, 0) is 11.3 Å². The van der Waals surface area contributed by atoms with Gasteiger partial charge in [0.25, 0.3) is 0 Å². The molecule has 1 atom stereocenters. The Kier molecular flexibility index (Phi) is 3.47. The number of carboxylic acids is 1. The first-order valence-electron chi connectivity index (χ1n) is 6.08. The van der Waals surface area contributed by atoms with Gasteiger partial charge in [-0.1, -0.05) is 0 Å². The maximum absolute atomic E-state index is 11.0. The molecule has 0 aliphatic heterocycles. The Morgan fingerprint density at radius 1 is 1.65 bits per heavy atom. The molecule has 1 aromatic rings. The van der Waals surface area contributed by atoms with Gasteiger partial charge in [0, 0.05) is 18.8 Å². The van der Waals surface area contributed by atoms with Crippen LogP contribution in [0.15, 0.2) is 12.3 Å². The largest absolute Gasteiger partial charge is 0.480 e. The minimum absolute atomic E-state index is 0.305. The Labute approximate surface area is 101 Å². The average Bonchev–Trinajstić information content (AvgIpc) is 2.95.